The van der Waals surface area contributed by atoms with Crippen LogP contribution in [-0.4, -0.2) is 15.9 Å². The highest BCUT2D eigenvalue weighted by atomic mass is 32.1. The van der Waals surface area contributed by atoms with Crippen LogP contribution in [-0.2, 0) is 6.54 Å². The number of thiophene rings is 1. The van der Waals surface area contributed by atoms with Crippen LogP contribution >= 0.6 is 11.3 Å². The van der Waals surface area contributed by atoms with Gasteiger partial charge in [-0.15, -0.1) is 11.3 Å². The zero-order valence-corrected chi connectivity index (χ0v) is 12.5. The molecule has 0 unspecified atom stereocenters. The van der Waals surface area contributed by atoms with Crippen LogP contribution in [0.5, 0.6) is 0 Å². The molecule has 2 aromatic heterocycles. The van der Waals surface area contributed by atoms with Crippen molar-refractivity contribution in [1.82, 2.24) is 15.3 Å². The van der Waals surface area contributed by atoms with Gasteiger partial charge in [0.05, 0.1) is 16.6 Å². The summed E-state index contributed by atoms with van der Waals surface area (Å²) in [4.78, 5) is 31.5. The van der Waals surface area contributed by atoms with E-state index in [1.807, 2.05) is 0 Å². The smallest absolute Gasteiger partial charge is 0.261 e. The fourth-order valence-corrected chi connectivity index (χ4v) is 3.26. The van der Waals surface area contributed by atoms with Gasteiger partial charge in [0.1, 0.15) is 10.6 Å². The van der Waals surface area contributed by atoms with Crippen molar-refractivity contribution >= 4 is 27.5 Å². The van der Waals surface area contributed by atoms with Gasteiger partial charge in [-0.2, -0.15) is 0 Å². The predicted octanol–water partition coefficient (Wildman–Crippen LogP) is 2.36. The lowest BCUT2D eigenvalue weighted by molar-refractivity contribution is 0.0954. The fraction of sp³-hybridized carbons (Fsp3) is 0.133. The Morgan fingerprint density at radius 3 is 2.91 bits per heavy atom. The molecule has 0 aliphatic heterocycles. The monoisotopic (exact) mass is 317 g/mol. The average molecular weight is 317 g/mol. The fourth-order valence-electron chi connectivity index (χ4n) is 2.19. The Labute approximate surface area is 128 Å². The molecule has 1 amide bonds. The second-order valence-electron chi connectivity index (χ2n) is 4.74. The van der Waals surface area contributed by atoms with Gasteiger partial charge in [0.15, 0.2) is 0 Å². The number of aromatic amines is 1. The highest BCUT2D eigenvalue weighted by Crippen LogP contribution is 2.26. The molecule has 0 aliphatic carbocycles. The molecule has 7 heteroatoms. The van der Waals surface area contributed by atoms with Crippen LogP contribution in [0.3, 0.4) is 0 Å². The van der Waals surface area contributed by atoms with E-state index in [2.05, 4.69) is 15.3 Å². The van der Waals surface area contributed by atoms with E-state index in [1.165, 1.54) is 12.4 Å². The molecule has 0 aliphatic rings. The Hall–Kier alpha value is -2.54. The molecule has 2 N–H and O–H groups in total. The lowest BCUT2D eigenvalue weighted by atomic mass is 10.2. The number of benzene rings is 1. The second-order valence-corrected chi connectivity index (χ2v) is 5.74. The van der Waals surface area contributed by atoms with Crippen LogP contribution in [0, 0.1) is 12.7 Å². The molecule has 2 heterocycles. The molecular formula is C15H12FN3O2S. The van der Waals surface area contributed by atoms with Crippen LogP contribution in [0.1, 0.15) is 20.8 Å². The van der Waals surface area contributed by atoms with E-state index in [4.69, 9.17) is 0 Å². The number of H-pyrrole nitrogens is 1. The van der Waals surface area contributed by atoms with E-state index in [9.17, 15) is 14.0 Å². The normalized spacial score (nSPS) is 10.8. The minimum Gasteiger partial charge on any atom is -0.347 e. The molecule has 1 aromatic carbocycles. The summed E-state index contributed by atoms with van der Waals surface area (Å²) >= 11 is 1.15. The highest BCUT2D eigenvalue weighted by molar-refractivity contribution is 7.20. The number of halogens is 1. The quantitative estimate of drug-likeness (QED) is 0.779. The van der Waals surface area contributed by atoms with Crippen molar-refractivity contribution in [2.24, 2.45) is 0 Å². The van der Waals surface area contributed by atoms with Crippen LogP contribution in [0.15, 0.2) is 35.4 Å². The van der Waals surface area contributed by atoms with Gasteiger partial charge in [0.25, 0.3) is 11.5 Å². The van der Waals surface area contributed by atoms with Crippen molar-refractivity contribution < 1.29 is 9.18 Å². The highest BCUT2D eigenvalue weighted by Gasteiger charge is 2.18. The first kappa shape index (κ1) is 14.4. The summed E-state index contributed by atoms with van der Waals surface area (Å²) < 4.78 is 13.5. The van der Waals surface area contributed by atoms with Crippen molar-refractivity contribution in [3.63, 3.8) is 0 Å². The van der Waals surface area contributed by atoms with E-state index < -0.39 is 0 Å². The SMILES string of the molecule is Cc1c(C(=O)NCc2ccccc2F)sc2nc[nH]c(=O)c12. The van der Waals surface area contributed by atoms with E-state index in [-0.39, 0.29) is 23.8 Å². The van der Waals surface area contributed by atoms with Gasteiger partial charge >= 0.3 is 0 Å². The third-order valence-corrected chi connectivity index (χ3v) is 4.53. The number of aromatic nitrogens is 2. The first-order chi connectivity index (χ1) is 10.6. The Morgan fingerprint density at radius 1 is 1.41 bits per heavy atom. The summed E-state index contributed by atoms with van der Waals surface area (Å²) in [6.07, 6.45) is 1.31. The number of hydrogen-bond donors (Lipinski definition) is 2. The second kappa shape index (κ2) is 5.69. The minimum atomic E-state index is -0.367. The molecule has 0 spiro atoms. The number of carbonyl (C=O) groups is 1. The van der Waals surface area contributed by atoms with E-state index in [0.29, 0.717) is 26.2 Å². The first-order valence-corrected chi connectivity index (χ1v) is 7.38. The van der Waals surface area contributed by atoms with Crippen molar-refractivity contribution in [3.05, 3.63) is 62.8 Å². The Kier molecular flexibility index (Phi) is 3.72. The van der Waals surface area contributed by atoms with Crippen LogP contribution in [0.2, 0.25) is 0 Å². The van der Waals surface area contributed by atoms with Crippen LogP contribution in [0.25, 0.3) is 10.2 Å². The number of amides is 1. The number of nitrogens with one attached hydrogen (secondary N) is 2. The summed E-state index contributed by atoms with van der Waals surface area (Å²) in [6, 6.07) is 6.25. The third kappa shape index (κ3) is 2.50. The first-order valence-electron chi connectivity index (χ1n) is 6.56. The van der Waals surface area contributed by atoms with Gasteiger partial charge in [-0.25, -0.2) is 9.37 Å². The maximum absolute atomic E-state index is 13.5. The number of carbonyl (C=O) groups excluding carboxylic acids is 1. The van der Waals surface area contributed by atoms with Gasteiger partial charge < -0.3 is 10.3 Å². The maximum atomic E-state index is 13.5. The standard InChI is InChI=1S/C15H12FN3O2S/c1-8-11-13(20)18-7-19-15(11)22-12(8)14(21)17-6-9-4-2-3-5-10(9)16/h2-5,7H,6H2,1H3,(H,17,21)(H,18,19,20). The summed E-state index contributed by atoms with van der Waals surface area (Å²) in [5.74, 6) is -0.711. The number of rotatable bonds is 3. The van der Waals surface area contributed by atoms with Crippen molar-refractivity contribution in [1.29, 1.82) is 0 Å². The molecule has 0 radical (unpaired) electrons. The maximum Gasteiger partial charge on any atom is 0.261 e. The summed E-state index contributed by atoms with van der Waals surface area (Å²) in [7, 11) is 0. The van der Waals surface area contributed by atoms with Crippen molar-refractivity contribution in [2.45, 2.75) is 13.5 Å². The zero-order chi connectivity index (χ0) is 15.7. The summed E-state index contributed by atoms with van der Waals surface area (Å²) in [6.45, 7) is 1.79. The number of fused-ring (bicyclic) bond motifs is 1. The van der Waals surface area contributed by atoms with Gasteiger partial charge in [0, 0.05) is 12.1 Å². The third-order valence-electron chi connectivity index (χ3n) is 3.34. The number of aryl methyl sites for hydroxylation is 1. The van der Waals surface area contributed by atoms with Crippen LogP contribution in [0.4, 0.5) is 4.39 Å². The molecule has 22 heavy (non-hydrogen) atoms. The minimum absolute atomic E-state index is 0.0863. The van der Waals surface area contributed by atoms with Gasteiger partial charge in [-0.05, 0) is 18.6 Å². The lowest BCUT2D eigenvalue weighted by Gasteiger charge is -2.05. The van der Waals surface area contributed by atoms with Gasteiger partial charge in [-0.1, -0.05) is 18.2 Å². The van der Waals surface area contributed by atoms with Crippen LogP contribution < -0.4 is 10.9 Å². The largest absolute Gasteiger partial charge is 0.347 e. The molecule has 3 aromatic rings. The molecular weight excluding hydrogens is 305 g/mol. The summed E-state index contributed by atoms with van der Waals surface area (Å²) in [5, 5.41) is 3.09. The molecule has 0 saturated heterocycles. The topological polar surface area (TPSA) is 74.8 Å². The van der Waals surface area contributed by atoms with Gasteiger partial charge in [0.2, 0.25) is 0 Å². The molecule has 112 valence electrons. The van der Waals surface area contributed by atoms with E-state index in [0.717, 1.165) is 11.3 Å². The zero-order valence-electron chi connectivity index (χ0n) is 11.6. The Bertz CT molecular complexity index is 917. The van der Waals surface area contributed by atoms with Gasteiger partial charge in [-0.3, -0.25) is 9.59 Å². The molecule has 0 saturated carbocycles. The average Bonchev–Trinajstić information content (AvgIpc) is 2.85. The van der Waals surface area contributed by atoms with Crippen molar-refractivity contribution in [3.8, 4) is 0 Å². The number of nitrogens with zero attached hydrogens (tertiary/aromatic N) is 1. The molecule has 0 fully saturated rings. The van der Waals surface area contributed by atoms with E-state index in [1.54, 1.807) is 25.1 Å². The Balaban J connectivity index is 1.87. The number of hydrogen-bond acceptors (Lipinski definition) is 4. The summed E-state index contributed by atoms with van der Waals surface area (Å²) in [5.41, 5.74) is 0.720. The molecule has 3 rings (SSSR count). The molecule has 5 nitrogen and oxygen atoms in total. The predicted molar refractivity (Wildman–Crippen MR) is 82.5 cm³/mol. The molecule has 0 bridgehead atoms. The molecule has 0 atom stereocenters. The van der Waals surface area contributed by atoms with E-state index >= 15 is 0 Å². The lowest BCUT2D eigenvalue weighted by Crippen LogP contribution is -2.23. The van der Waals surface area contributed by atoms with Crippen molar-refractivity contribution in [2.75, 3.05) is 0 Å². The Morgan fingerprint density at radius 2 is 2.18 bits per heavy atom.